The zero-order chi connectivity index (χ0) is 23.7. The lowest BCUT2D eigenvalue weighted by Gasteiger charge is -2.20. The molecule has 2 aromatic carbocycles. The van der Waals surface area contributed by atoms with Crippen molar-refractivity contribution >= 4 is 57.2 Å². The predicted octanol–water partition coefficient (Wildman–Crippen LogP) is 5.84. The molecular weight excluding hydrogens is 517 g/mol. The summed E-state index contributed by atoms with van der Waals surface area (Å²) >= 11 is 15.4. The molecule has 0 bridgehead atoms. The molecule has 0 aromatic heterocycles. The van der Waals surface area contributed by atoms with Crippen molar-refractivity contribution in [3.8, 4) is 5.75 Å². The molecule has 0 aliphatic rings. The SMILES string of the molecule is CCCCOc1ccc(/C=N/NC(=O)C(NC(=O)c2ccc(Cl)c(Cl)c2)C(C)C)cc1Br. The summed E-state index contributed by atoms with van der Waals surface area (Å²) in [6.45, 7) is 6.42. The average molecular weight is 543 g/mol. The Balaban J connectivity index is 1.99. The summed E-state index contributed by atoms with van der Waals surface area (Å²) in [5, 5.41) is 7.35. The summed E-state index contributed by atoms with van der Waals surface area (Å²) in [5.41, 5.74) is 3.58. The van der Waals surface area contributed by atoms with Crippen LogP contribution in [0.5, 0.6) is 5.75 Å². The van der Waals surface area contributed by atoms with Crippen LogP contribution in [0.25, 0.3) is 0 Å². The van der Waals surface area contributed by atoms with Gasteiger partial charge in [-0.25, -0.2) is 5.43 Å². The summed E-state index contributed by atoms with van der Waals surface area (Å²) in [6, 6.07) is 9.29. The number of hydrazone groups is 1. The standard InChI is InChI=1S/C23H26BrCl2N3O3/c1-4-5-10-32-20-9-6-15(11-17(20)24)13-27-29-23(31)21(14(2)3)28-22(30)16-7-8-18(25)19(26)12-16/h6-9,11-14,21H,4-5,10H2,1-3H3,(H,28,30)(H,29,31)/b27-13+. The van der Waals surface area contributed by atoms with Crippen molar-refractivity contribution < 1.29 is 14.3 Å². The Morgan fingerprint density at radius 1 is 1.16 bits per heavy atom. The quantitative estimate of drug-likeness (QED) is 0.225. The number of nitrogens with one attached hydrogen (secondary N) is 2. The van der Waals surface area contributed by atoms with Crippen molar-refractivity contribution in [3.05, 3.63) is 62.0 Å². The minimum Gasteiger partial charge on any atom is -0.492 e. The third-order valence-electron chi connectivity index (χ3n) is 4.52. The number of amides is 2. The maximum atomic E-state index is 12.6. The Morgan fingerprint density at radius 3 is 2.53 bits per heavy atom. The Kier molecular flexibility index (Phi) is 10.5. The molecule has 2 N–H and O–H groups in total. The van der Waals surface area contributed by atoms with Crippen LogP contribution in [0.4, 0.5) is 0 Å². The fourth-order valence-corrected chi connectivity index (χ4v) is 3.49. The molecule has 9 heteroatoms. The molecule has 0 aliphatic heterocycles. The molecule has 0 saturated carbocycles. The van der Waals surface area contributed by atoms with E-state index in [0.717, 1.165) is 28.6 Å². The fourth-order valence-electron chi connectivity index (χ4n) is 2.68. The van der Waals surface area contributed by atoms with Gasteiger partial charge in [0, 0.05) is 5.56 Å². The first kappa shape index (κ1) is 26.2. The summed E-state index contributed by atoms with van der Waals surface area (Å²) in [7, 11) is 0. The van der Waals surface area contributed by atoms with Crippen LogP contribution < -0.4 is 15.5 Å². The van der Waals surface area contributed by atoms with Gasteiger partial charge >= 0.3 is 0 Å². The lowest BCUT2D eigenvalue weighted by atomic mass is 10.0. The van der Waals surface area contributed by atoms with Crippen molar-refractivity contribution in [2.45, 2.75) is 39.7 Å². The van der Waals surface area contributed by atoms with E-state index in [1.807, 2.05) is 32.0 Å². The van der Waals surface area contributed by atoms with Crippen molar-refractivity contribution in [2.24, 2.45) is 11.0 Å². The van der Waals surface area contributed by atoms with Gasteiger partial charge in [0.15, 0.2) is 0 Å². The van der Waals surface area contributed by atoms with Gasteiger partial charge in [-0.2, -0.15) is 5.10 Å². The van der Waals surface area contributed by atoms with Gasteiger partial charge in [-0.1, -0.05) is 50.4 Å². The number of ether oxygens (including phenoxy) is 1. The Labute approximate surface area is 206 Å². The number of carbonyl (C=O) groups is 2. The highest BCUT2D eigenvalue weighted by Crippen LogP contribution is 2.26. The van der Waals surface area contributed by atoms with Crippen LogP contribution >= 0.6 is 39.1 Å². The van der Waals surface area contributed by atoms with Gasteiger partial charge < -0.3 is 10.1 Å². The molecule has 2 rings (SSSR count). The molecular formula is C23H26BrCl2N3O3. The molecule has 0 fully saturated rings. The molecule has 0 heterocycles. The van der Waals surface area contributed by atoms with E-state index in [1.54, 1.807) is 6.07 Å². The van der Waals surface area contributed by atoms with E-state index < -0.39 is 17.9 Å². The maximum Gasteiger partial charge on any atom is 0.262 e. The van der Waals surface area contributed by atoms with E-state index in [9.17, 15) is 9.59 Å². The molecule has 1 unspecified atom stereocenters. The average Bonchev–Trinajstić information content (AvgIpc) is 2.75. The lowest BCUT2D eigenvalue weighted by molar-refractivity contribution is -0.123. The lowest BCUT2D eigenvalue weighted by Crippen LogP contribution is -2.48. The van der Waals surface area contributed by atoms with E-state index in [1.165, 1.54) is 18.3 Å². The van der Waals surface area contributed by atoms with Crippen LogP contribution in [0, 0.1) is 5.92 Å². The zero-order valence-electron chi connectivity index (χ0n) is 18.1. The first-order chi connectivity index (χ1) is 15.2. The number of rotatable bonds is 10. The zero-order valence-corrected chi connectivity index (χ0v) is 21.2. The van der Waals surface area contributed by atoms with Gasteiger partial charge in [0.1, 0.15) is 11.8 Å². The molecule has 0 aliphatic carbocycles. The number of hydrogen-bond acceptors (Lipinski definition) is 4. The summed E-state index contributed by atoms with van der Waals surface area (Å²) in [4.78, 5) is 25.2. The Bertz CT molecular complexity index is 983. The molecule has 0 saturated heterocycles. The highest BCUT2D eigenvalue weighted by atomic mass is 79.9. The second kappa shape index (κ2) is 12.8. The molecule has 1 atom stereocenters. The van der Waals surface area contributed by atoms with Gasteiger partial charge in [0.05, 0.1) is 27.3 Å². The first-order valence-corrected chi connectivity index (χ1v) is 11.8. The van der Waals surface area contributed by atoms with Crippen molar-refractivity contribution in [3.63, 3.8) is 0 Å². The molecule has 0 radical (unpaired) electrons. The van der Waals surface area contributed by atoms with E-state index in [4.69, 9.17) is 27.9 Å². The Hall–Kier alpha value is -2.09. The number of carbonyl (C=O) groups excluding carboxylic acids is 2. The van der Waals surface area contributed by atoms with Crippen LogP contribution in [-0.2, 0) is 4.79 Å². The Morgan fingerprint density at radius 2 is 1.91 bits per heavy atom. The number of unbranched alkanes of at least 4 members (excludes halogenated alkanes) is 1. The smallest absolute Gasteiger partial charge is 0.262 e. The van der Waals surface area contributed by atoms with Crippen LogP contribution in [-0.4, -0.2) is 30.7 Å². The van der Waals surface area contributed by atoms with Crippen molar-refractivity contribution in [2.75, 3.05) is 6.61 Å². The second-order valence-electron chi connectivity index (χ2n) is 7.45. The van der Waals surface area contributed by atoms with Crippen LogP contribution in [0.2, 0.25) is 10.0 Å². The maximum absolute atomic E-state index is 12.6. The van der Waals surface area contributed by atoms with E-state index in [0.29, 0.717) is 17.2 Å². The number of hydrogen-bond donors (Lipinski definition) is 2. The molecule has 32 heavy (non-hydrogen) atoms. The van der Waals surface area contributed by atoms with Crippen molar-refractivity contribution in [1.29, 1.82) is 0 Å². The minimum atomic E-state index is -0.782. The minimum absolute atomic E-state index is 0.161. The van der Waals surface area contributed by atoms with Gasteiger partial charge in [-0.05, 0) is 70.2 Å². The van der Waals surface area contributed by atoms with E-state index >= 15 is 0 Å². The van der Waals surface area contributed by atoms with Crippen LogP contribution in [0.1, 0.15) is 49.5 Å². The van der Waals surface area contributed by atoms with Gasteiger partial charge in [-0.3, -0.25) is 9.59 Å². The molecule has 0 spiro atoms. The molecule has 2 amide bonds. The molecule has 172 valence electrons. The third-order valence-corrected chi connectivity index (χ3v) is 5.88. The molecule has 6 nitrogen and oxygen atoms in total. The third kappa shape index (κ3) is 7.80. The summed E-state index contributed by atoms with van der Waals surface area (Å²) in [6.07, 6.45) is 3.57. The van der Waals surface area contributed by atoms with E-state index in [-0.39, 0.29) is 10.9 Å². The van der Waals surface area contributed by atoms with Gasteiger partial charge in [-0.15, -0.1) is 0 Å². The predicted molar refractivity (Wildman–Crippen MR) is 133 cm³/mol. The normalized spacial score (nSPS) is 12.1. The van der Waals surface area contributed by atoms with Crippen LogP contribution in [0.3, 0.4) is 0 Å². The highest BCUT2D eigenvalue weighted by molar-refractivity contribution is 9.10. The van der Waals surface area contributed by atoms with Crippen LogP contribution in [0.15, 0.2) is 46.0 Å². The largest absolute Gasteiger partial charge is 0.492 e. The topological polar surface area (TPSA) is 79.8 Å². The first-order valence-electron chi connectivity index (χ1n) is 10.2. The van der Waals surface area contributed by atoms with Gasteiger partial charge in [0.25, 0.3) is 11.8 Å². The van der Waals surface area contributed by atoms with Gasteiger partial charge in [0.2, 0.25) is 0 Å². The summed E-state index contributed by atoms with van der Waals surface area (Å²) < 4.78 is 6.51. The monoisotopic (exact) mass is 541 g/mol. The number of nitrogens with zero attached hydrogens (tertiary/aromatic N) is 1. The molecule has 2 aromatic rings. The fraction of sp³-hybridized carbons (Fsp3) is 0.348. The second-order valence-corrected chi connectivity index (χ2v) is 9.12. The van der Waals surface area contributed by atoms with E-state index in [2.05, 4.69) is 38.7 Å². The number of halogens is 3. The number of benzene rings is 2. The highest BCUT2D eigenvalue weighted by Gasteiger charge is 2.24. The summed E-state index contributed by atoms with van der Waals surface area (Å²) in [5.74, 6) is -0.262. The van der Waals surface area contributed by atoms with Crippen molar-refractivity contribution in [1.82, 2.24) is 10.7 Å².